The van der Waals surface area contributed by atoms with Gasteiger partial charge in [0.2, 0.25) is 0 Å². The highest BCUT2D eigenvalue weighted by Crippen LogP contribution is 2.11. The summed E-state index contributed by atoms with van der Waals surface area (Å²) >= 11 is 0. The molecule has 0 aromatic heterocycles. The Balaban J connectivity index is 1.91. The van der Waals surface area contributed by atoms with Crippen molar-refractivity contribution in [2.75, 3.05) is 0 Å². The van der Waals surface area contributed by atoms with E-state index in [4.69, 9.17) is 0 Å². The summed E-state index contributed by atoms with van der Waals surface area (Å²) in [5.74, 6) is 6.54. The third-order valence-electron chi connectivity index (χ3n) is 4.36. The second kappa shape index (κ2) is 11.3. The maximum Gasteiger partial charge on any atom is 0.0257 e. The molecular formula is C25H29. The van der Waals surface area contributed by atoms with Gasteiger partial charge in [0.1, 0.15) is 0 Å². The summed E-state index contributed by atoms with van der Waals surface area (Å²) in [6.45, 7) is 6.03. The molecule has 0 nitrogen and oxygen atoms in total. The van der Waals surface area contributed by atoms with Crippen LogP contribution in [0.5, 0.6) is 0 Å². The van der Waals surface area contributed by atoms with Gasteiger partial charge < -0.3 is 0 Å². The van der Waals surface area contributed by atoms with Crippen molar-refractivity contribution in [3.8, 4) is 11.8 Å². The van der Waals surface area contributed by atoms with Crippen LogP contribution in [-0.2, 0) is 12.8 Å². The molecule has 0 heterocycles. The van der Waals surface area contributed by atoms with Gasteiger partial charge in [0.25, 0.3) is 0 Å². The maximum atomic E-state index is 3.77. The largest absolute Gasteiger partial charge is 0.103 e. The van der Waals surface area contributed by atoms with Crippen molar-refractivity contribution in [1.82, 2.24) is 0 Å². The quantitative estimate of drug-likeness (QED) is 0.279. The highest BCUT2D eigenvalue weighted by atomic mass is 14.0. The van der Waals surface area contributed by atoms with E-state index in [1.807, 2.05) is 12.1 Å². The van der Waals surface area contributed by atoms with E-state index in [9.17, 15) is 0 Å². The Morgan fingerprint density at radius 2 is 1.64 bits per heavy atom. The Bertz CT molecular complexity index is 695. The molecule has 2 rings (SSSR count). The van der Waals surface area contributed by atoms with Crippen LogP contribution in [0.2, 0.25) is 0 Å². The van der Waals surface area contributed by atoms with Gasteiger partial charge in [0, 0.05) is 11.1 Å². The van der Waals surface area contributed by atoms with Gasteiger partial charge in [-0.2, -0.15) is 0 Å². The van der Waals surface area contributed by atoms with E-state index in [2.05, 4.69) is 67.8 Å². The lowest BCUT2D eigenvalue weighted by Gasteiger charge is -2.02. The molecule has 0 fully saturated rings. The molecule has 0 unspecified atom stereocenters. The van der Waals surface area contributed by atoms with Crippen molar-refractivity contribution in [3.63, 3.8) is 0 Å². The minimum atomic E-state index is 1.02. The lowest BCUT2D eigenvalue weighted by atomic mass is 10.0. The second-order valence-corrected chi connectivity index (χ2v) is 6.57. The molecule has 0 atom stereocenters. The predicted octanol–water partition coefficient (Wildman–Crippen LogP) is 6.52. The van der Waals surface area contributed by atoms with Crippen molar-refractivity contribution < 1.29 is 0 Å². The van der Waals surface area contributed by atoms with E-state index in [0.29, 0.717) is 0 Å². The molecule has 0 saturated heterocycles. The maximum absolute atomic E-state index is 3.77. The van der Waals surface area contributed by atoms with Crippen LogP contribution in [0, 0.1) is 17.9 Å². The van der Waals surface area contributed by atoms with Crippen LogP contribution in [0.4, 0.5) is 0 Å². The normalized spacial score (nSPS) is 10.1. The van der Waals surface area contributed by atoms with E-state index in [1.165, 1.54) is 43.2 Å². The first-order chi connectivity index (χ1) is 12.3. The van der Waals surface area contributed by atoms with E-state index >= 15 is 0 Å². The first-order valence-corrected chi connectivity index (χ1v) is 9.53. The van der Waals surface area contributed by atoms with Crippen LogP contribution in [0.15, 0.2) is 55.1 Å². The zero-order valence-electron chi connectivity index (χ0n) is 15.5. The van der Waals surface area contributed by atoms with Gasteiger partial charge in [-0.3, -0.25) is 0 Å². The first kappa shape index (κ1) is 19.1. The molecule has 0 bridgehead atoms. The van der Waals surface area contributed by atoms with Crippen molar-refractivity contribution in [3.05, 3.63) is 83.4 Å². The lowest BCUT2D eigenvalue weighted by Crippen LogP contribution is -1.88. The number of rotatable bonds is 9. The third kappa shape index (κ3) is 7.44. The molecule has 2 aromatic carbocycles. The molecule has 129 valence electrons. The summed E-state index contributed by atoms with van der Waals surface area (Å²) in [6.07, 6.45) is 11.7. The topological polar surface area (TPSA) is 0 Å². The van der Waals surface area contributed by atoms with Gasteiger partial charge in [-0.25, -0.2) is 0 Å². The Hall–Kier alpha value is -2.26. The van der Waals surface area contributed by atoms with Crippen molar-refractivity contribution in [2.45, 2.75) is 58.3 Å². The molecule has 0 aliphatic carbocycles. The van der Waals surface area contributed by atoms with Gasteiger partial charge in [-0.1, -0.05) is 68.7 Å². The summed E-state index contributed by atoms with van der Waals surface area (Å²) in [5, 5.41) is 0. The standard InChI is InChI=1S/C25H29/c1-3-5-7-8-9-12-24-13-10-14-25(21-24)20-19-23-17-15-22(16-18-23)11-6-4-2/h4,13-18,21H,2-3,5-9,11-12H2,1H3. The van der Waals surface area contributed by atoms with Crippen molar-refractivity contribution >= 4 is 0 Å². The fraction of sp³-hybridized carbons (Fsp3) is 0.360. The van der Waals surface area contributed by atoms with Crippen molar-refractivity contribution in [2.24, 2.45) is 0 Å². The average molecular weight is 330 g/mol. The monoisotopic (exact) mass is 329 g/mol. The van der Waals surface area contributed by atoms with E-state index in [0.717, 1.165) is 30.4 Å². The SMILES string of the molecule is C=CCCc1ccc(C#Cc2c[c]cc(CCCCCCC)c2)cc1. The van der Waals surface area contributed by atoms with Gasteiger partial charge >= 0.3 is 0 Å². The molecule has 0 saturated carbocycles. The summed E-state index contributed by atoms with van der Waals surface area (Å²) in [4.78, 5) is 0. The molecule has 0 heteroatoms. The predicted molar refractivity (Wildman–Crippen MR) is 109 cm³/mol. The zero-order valence-corrected chi connectivity index (χ0v) is 15.5. The minimum Gasteiger partial charge on any atom is -0.103 e. The van der Waals surface area contributed by atoms with E-state index in [1.54, 1.807) is 0 Å². The van der Waals surface area contributed by atoms with E-state index in [-0.39, 0.29) is 0 Å². The average Bonchev–Trinajstić information content (AvgIpc) is 2.66. The molecule has 0 aliphatic rings. The van der Waals surface area contributed by atoms with Crippen LogP contribution >= 0.6 is 0 Å². The Labute approximate surface area is 154 Å². The fourth-order valence-corrected chi connectivity index (χ4v) is 2.84. The highest BCUT2D eigenvalue weighted by Gasteiger charge is 1.96. The number of hydrogen-bond donors (Lipinski definition) is 0. The summed E-state index contributed by atoms with van der Waals surface area (Å²) in [6, 6.07) is 18.0. The van der Waals surface area contributed by atoms with Crippen LogP contribution in [0.25, 0.3) is 0 Å². The third-order valence-corrected chi connectivity index (χ3v) is 4.36. The van der Waals surface area contributed by atoms with Crippen LogP contribution in [-0.4, -0.2) is 0 Å². The Kier molecular flexibility index (Phi) is 8.64. The Morgan fingerprint density at radius 3 is 2.40 bits per heavy atom. The highest BCUT2D eigenvalue weighted by molar-refractivity contribution is 5.44. The summed E-state index contributed by atoms with van der Waals surface area (Å²) in [7, 11) is 0. The lowest BCUT2D eigenvalue weighted by molar-refractivity contribution is 0.632. The second-order valence-electron chi connectivity index (χ2n) is 6.57. The Morgan fingerprint density at radius 1 is 0.880 bits per heavy atom. The molecule has 25 heavy (non-hydrogen) atoms. The van der Waals surface area contributed by atoms with Gasteiger partial charge in [0.05, 0.1) is 0 Å². The first-order valence-electron chi connectivity index (χ1n) is 9.53. The minimum absolute atomic E-state index is 1.02. The van der Waals surface area contributed by atoms with Crippen molar-refractivity contribution in [1.29, 1.82) is 0 Å². The molecule has 0 N–H and O–H groups in total. The molecule has 0 aliphatic heterocycles. The van der Waals surface area contributed by atoms with Crippen LogP contribution in [0.3, 0.4) is 0 Å². The van der Waals surface area contributed by atoms with Gasteiger partial charge in [-0.15, -0.1) is 6.58 Å². The molecule has 0 amide bonds. The molecular weight excluding hydrogens is 300 g/mol. The molecule has 0 spiro atoms. The van der Waals surface area contributed by atoms with Gasteiger partial charge in [0.15, 0.2) is 0 Å². The van der Waals surface area contributed by atoms with Gasteiger partial charge in [-0.05, 0) is 67.1 Å². The number of allylic oxidation sites excluding steroid dienone is 1. The fourth-order valence-electron chi connectivity index (χ4n) is 2.84. The number of unbranched alkanes of at least 4 members (excludes halogenated alkanes) is 4. The van der Waals surface area contributed by atoms with E-state index < -0.39 is 0 Å². The number of aryl methyl sites for hydroxylation is 2. The summed E-state index contributed by atoms with van der Waals surface area (Å²) in [5.41, 5.74) is 4.81. The molecule has 2 aromatic rings. The molecule has 1 radical (unpaired) electrons. The van der Waals surface area contributed by atoms with Crippen LogP contribution in [0.1, 0.15) is 67.7 Å². The summed E-state index contributed by atoms with van der Waals surface area (Å²) < 4.78 is 0. The smallest absolute Gasteiger partial charge is 0.0257 e. The number of hydrogen-bond acceptors (Lipinski definition) is 0. The zero-order chi connectivity index (χ0) is 17.7. The number of benzene rings is 2. The van der Waals surface area contributed by atoms with Crippen LogP contribution < -0.4 is 0 Å².